The lowest BCUT2D eigenvalue weighted by Crippen LogP contribution is -2.36. The summed E-state index contributed by atoms with van der Waals surface area (Å²) in [7, 11) is 0. The van der Waals surface area contributed by atoms with Gasteiger partial charge in [-0.2, -0.15) is 26.3 Å². The monoisotopic (exact) mass is 522 g/mol. The van der Waals surface area contributed by atoms with Crippen molar-refractivity contribution < 1.29 is 35.8 Å². The van der Waals surface area contributed by atoms with Crippen LogP contribution in [0.5, 0.6) is 0 Å². The number of halogens is 7. The summed E-state index contributed by atoms with van der Waals surface area (Å²) in [5.74, 6) is -0.364. The van der Waals surface area contributed by atoms with Crippen LogP contribution in [0.25, 0.3) is 0 Å². The zero-order valence-electron chi connectivity index (χ0n) is 17.0. The zero-order valence-corrected chi connectivity index (χ0v) is 18.6. The van der Waals surface area contributed by atoms with Gasteiger partial charge in [0.1, 0.15) is 0 Å². The van der Waals surface area contributed by atoms with Crippen LogP contribution < -0.4 is 0 Å². The second-order valence-electron chi connectivity index (χ2n) is 7.63. The molecule has 1 heterocycles. The molecule has 2 aromatic carbocycles. The summed E-state index contributed by atoms with van der Waals surface area (Å²) in [5, 5.41) is 0. The standard InChI is InChI=1S/C23H21BrF6O2/c1-3-14-7-8-31-21(20(14)15-5-4-6-19(24)11-15)32-13(2)16-9-17(22(25,26)27)12-18(10-16)23(28,29)30/h3-6,9-14,20-21H,1,7-8H2,2H3/t13?,14-,20-,21-/m1/s1. The summed E-state index contributed by atoms with van der Waals surface area (Å²) >= 11 is 3.41. The van der Waals surface area contributed by atoms with Crippen molar-refractivity contribution in [3.63, 3.8) is 0 Å². The summed E-state index contributed by atoms with van der Waals surface area (Å²) in [4.78, 5) is 0. The molecule has 0 spiro atoms. The van der Waals surface area contributed by atoms with Crippen LogP contribution in [0, 0.1) is 5.92 Å². The topological polar surface area (TPSA) is 18.5 Å². The van der Waals surface area contributed by atoms with E-state index in [1.807, 2.05) is 24.3 Å². The van der Waals surface area contributed by atoms with Crippen LogP contribution in [0.15, 0.2) is 59.6 Å². The van der Waals surface area contributed by atoms with Gasteiger partial charge in [0.05, 0.1) is 23.8 Å². The molecule has 1 unspecified atom stereocenters. The average molecular weight is 523 g/mol. The minimum absolute atomic E-state index is 0.0394. The van der Waals surface area contributed by atoms with E-state index in [2.05, 4.69) is 22.5 Å². The third-order valence-corrected chi connectivity index (χ3v) is 5.94. The molecule has 1 saturated heterocycles. The molecule has 0 N–H and O–H groups in total. The fourth-order valence-electron chi connectivity index (χ4n) is 3.81. The number of hydrogen-bond donors (Lipinski definition) is 0. The summed E-state index contributed by atoms with van der Waals surface area (Å²) in [6, 6.07) is 8.89. The Kier molecular flexibility index (Phi) is 7.41. The summed E-state index contributed by atoms with van der Waals surface area (Å²) in [6.45, 7) is 5.60. The molecule has 2 aromatic rings. The third kappa shape index (κ3) is 5.74. The lowest BCUT2D eigenvalue weighted by molar-refractivity contribution is -0.205. The van der Waals surface area contributed by atoms with Crippen LogP contribution in [-0.2, 0) is 21.8 Å². The number of hydrogen-bond acceptors (Lipinski definition) is 2. The van der Waals surface area contributed by atoms with E-state index in [0.29, 0.717) is 25.2 Å². The number of alkyl halides is 6. The fourth-order valence-corrected chi connectivity index (χ4v) is 4.22. The first-order valence-electron chi connectivity index (χ1n) is 9.84. The van der Waals surface area contributed by atoms with Crippen LogP contribution in [-0.4, -0.2) is 12.9 Å². The summed E-state index contributed by atoms with van der Waals surface area (Å²) < 4.78 is 91.9. The Labute approximate surface area is 190 Å². The van der Waals surface area contributed by atoms with E-state index in [9.17, 15) is 26.3 Å². The third-order valence-electron chi connectivity index (χ3n) is 5.44. The first kappa shape index (κ1) is 24.8. The molecule has 4 atom stereocenters. The minimum atomic E-state index is -4.93. The van der Waals surface area contributed by atoms with Gasteiger partial charge in [-0.15, -0.1) is 6.58 Å². The molecule has 0 amide bonds. The predicted octanol–water partition coefficient (Wildman–Crippen LogP) is 7.90. The number of ether oxygens (including phenoxy) is 2. The lowest BCUT2D eigenvalue weighted by Gasteiger charge is -2.38. The Hall–Kier alpha value is -1.84. The molecular formula is C23H21BrF6O2. The highest BCUT2D eigenvalue weighted by Crippen LogP contribution is 2.42. The van der Waals surface area contributed by atoms with E-state index in [-0.39, 0.29) is 23.5 Å². The molecule has 1 aliphatic rings. The van der Waals surface area contributed by atoms with Crippen molar-refractivity contribution in [1.82, 2.24) is 0 Å². The van der Waals surface area contributed by atoms with Gasteiger partial charge in [-0.3, -0.25) is 0 Å². The maximum Gasteiger partial charge on any atom is 0.416 e. The molecule has 0 bridgehead atoms. The van der Waals surface area contributed by atoms with E-state index < -0.39 is 35.9 Å². The summed E-state index contributed by atoms with van der Waals surface area (Å²) in [5.41, 5.74) is -2.13. The molecule has 32 heavy (non-hydrogen) atoms. The predicted molar refractivity (Wildman–Crippen MR) is 111 cm³/mol. The van der Waals surface area contributed by atoms with Crippen LogP contribution in [0.1, 0.15) is 47.6 Å². The molecule has 174 valence electrons. The van der Waals surface area contributed by atoms with E-state index in [1.165, 1.54) is 6.92 Å². The highest BCUT2D eigenvalue weighted by Gasteiger charge is 2.39. The van der Waals surface area contributed by atoms with Crippen molar-refractivity contribution >= 4 is 15.9 Å². The molecular weight excluding hydrogens is 502 g/mol. The van der Waals surface area contributed by atoms with E-state index in [1.54, 1.807) is 6.08 Å². The Morgan fingerprint density at radius 1 is 1.06 bits per heavy atom. The Bertz CT molecular complexity index is 924. The SMILES string of the molecule is C=C[C@@H]1CCO[C@H](OC(C)c2cc(C(F)(F)F)cc(C(F)(F)F)c2)[C@H]1c1cccc(Br)c1. The molecule has 0 aliphatic carbocycles. The molecule has 1 aliphatic heterocycles. The molecule has 2 nitrogen and oxygen atoms in total. The molecule has 0 saturated carbocycles. The fraction of sp³-hybridized carbons (Fsp3) is 0.391. The van der Waals surface area contributed by atoms with Gasteiger partial charge >= 0.3 is 12.4 Å². The van der Waals surface area contributed by atoms with Crippen molar-refractivity contribution in [1.29, 1.82) is 0 Å². The minimum Gasteiger partial charge on any atom is -0.352 e. The van der Waals surface area contributed by atoms with Crippen molar-refractivity contribution in [2.45, 2.75) is 44.0 Å². The zero-order chi connectivity index (χ0) is 23.7. The Morgan fingerprint density at radius 2 is 1.69 bits per heavy atom. The average Bonchev–Trinajstić information content (AvgIpc) is 2.72. The van der Waals surface area contributed by atoms with Crippen molar-refractivity contribution in [2.24, 2.45) is 5.92 Å². The van der Waals surface area contributed by atoms with E-state index >= 15 is 0 Å². The highest BCUT2D eigenvalue weighted by molar-refractivity contribution is 9.10. The first-order valence-corrected chi connectivity index (χ1v) is 10.6. The van der Waals surface area contributed by atoms with Gasteiger partial charge in [-0.25, -0.2) is 0 Å². The van der Waals surface area contributed by atoms with Crippen LogP contribution in [0.4, 0.5) is 26.3 Å². The number of benzene rings is 2. The van der Waals surface area contributed by atoms with Gasteiger partial charge in [-0.1, -0.05) is 34.1 Å². The van der Waals surface area contributed by atoms with Crippen molar-refractivity contribution in [2.75, 3.05) is 6.61 Å². The van der Waals surface area contributed by atoms with Crippen molar-refractivity contribution in [3.05, 3.63) is 81.8 Å². The Morgan fingerprint density at radius 3 is 2.22 bits per heavy atom. The molecule has 9 heteroatoms. The van der Waals surface area contributed by atoms with Gasteiger partial charge in [0.2, 0.25) is 0 Å². The molecule has 1 fully saturated rings. The molecule has 0 radical (unpaired) electrons. The largest absolute Gasteiger partial charge is 0.416 e. The smallest absolute Gasteiger partial charge is 0.352 e. The van der Waals surface area contributed by atoms with E-state index in [4.69, 9.17) is 9.47 Å². The van der Waals surface area contributed by atoms with Crippen LogP contribution in [0.2, 0.25) is 0 Å². The highest BCUT2D eigenvalue weighted by atomic mass is 79.9. The quantitative estimate of drug-likeness (QED) is 0.293. The first-order chi connectivity index (χ1) is 14.9. The lowest BCUT2D eigenvalue weighted by atomic mass is 9.82. The van der Waals surface area contributed by atoms with Crippen molar-refractivity contribution in [3.8, 4) is 0 Å². The number of rotatable bonds is 5. The van der Waals surface area contributed by atoms with Gasteiger partial charge in [0.25, 0.3) is 0 Å². The van der Waals surface area contributed by atoms with Crippen LogP contribution in [0.3, 0.4) is 0 Å². The van der Waals surface area contributed by atoms with Gasteiger partial charge in [0, 0.05) is 10.4 Å². The molecule has 0 aromatic heterocycles. The second kappa shape index (κ2) is 9.57. The maximum atomic E-state index is 13.2. The second-order valence-corrected chi connectivity index (χ2v) is 8.54. The van der Waals surface area contributed by atoms with Gasteiger partial charge < -0.3 is 9.47 Å². The van der Waals surface area contributed by atoms with Crippen LogP contribution >= 0.6 is 15.9 Å². The van der Waals surface area contributed by atoms with Gasteiger partial charge in [0.15, 0.2) is 6.29 Å². The maximum absolute atomic E-state index is 13.2. The Balaban J connectivity index is 1.95. The normalized spacial score (nSPS) is 23.1. The molecule has 3 rings (SSSR count). The summed E-state index contributed by atoms with van der Waals surface area (Å²) in [6.07, 6.45) is -9.38. The number of allylic oxidation sites excluding steroid dienone is 1. The van der Waals surface area contributed by atoms with E-state index in [0.717, 1.165) is 10.0 Å². The van der Waals surface area contributed by atoms with Gasteiger partial charge in [-0.05, 0) is 60.7 Å².